The van der Waals surface area contributed by atoms with Crippen molar-refractivity contribution in [2.75, 3.05) is 18.1 Å². The number of fused-ring (bicyclic) bond motifs is 1. The molecular formula is C28H26N2O3S. The lowest BCUT2D eigenvalue weighted by Gasteiger charge is -2.23. The molecule has 1 saturated heterocycles. The smallest absolute Gasteiger partial charge is 0.260 e. The van der Waals surface area contributed by atoms with E-state index in [0.717, 1.165) is 40.8 Å². The van der Waals surface area contributed by atoms with Crippen molar-refractivity contribution in [1.82, 2.24) is 4.98 Å². The zero-order valence-electron chi connectivity index (χ0n) is 19.3. The molecule has 0 N–H and O–H groups in total. The number of ether oxygens (including phenoxy) is 1. The van der Waals surface area contributed by atoms with E-state index in [1.54, 1.807) is 41.3 Å². The van der Waals surface area contributed by atoms with Gasteiger partial charge in [0.25, 0.3) is 5.91 Å². The average Bonchev–Trinajstić information content (AvgIpc) is 3.52. The normalized spacial score (nSPS) is 15.5. The molecule has 3 aromatic carbocycles. The lowest BCUT2D eigenvalue weighted by atomic mass is 10.0. The van der Waals surface area contributed by atoms with Crippen molar-refractivity contribution in [2.45, 2.75) is 32.8 Å². The monoisotopic (exact) mass is 470 g/mol. The Morgan fingerprint density at radius 1 is 1.00 bits per heavy atom. The number of anilines is 1. The van der Waals surface area contributed by atoms with Gasteiger partial charge in [-0.2, -0.15) is 0 Å². The number of thiazole rings is 1. The van der Waals surface area contributed by atoms with Gasteiger partial charge in [0.2, 0.25) is 0 Å². The second-order valence-electron chi connectivity index (χ2n) is 8.75. The van der Waals surface area contributed by atoms with E-state index in [1.807, 2.05) is 18.2 Å². The summed E-state index contributed by atoms with van der Waals surface area (Å²) in [5.41, 5.74) is 4.92. The predicted molar refractivity (Wildman–Crippen MR) is 136 cm³/mol. The lowest BCUT2D eigenvalue weighted by Crippen LogP contribution is -2.37. The Hall–Kier alpha value is -3.35. The average molecular weight is 471 g/mol. The molecule has 1 fully saturated rings. The molecule has 1 aromatic heterocycles. The Morgan fingerprint density at radius 2 is 1.71 bits per heavy atom. The Labute approximate surface area is 203 Å². The van der Waals surface area contributed by atoms with Crippen molar-refractivity contribution in [3.8, 4) is 0 Å². The minimum absolute atomic E-state index is 0.00210. The van der Waals surface area contributed by atoms with Gasteiger partial charge in [0.1, 0.15) is 0 Å². The summed E-state index contributed by atoms with van der Waals surface area (Å²) in [6, 6.07) is 20.2. The molecule has 1 atom stereocenters. The molecule has 0 bridgehead atoms. The number of amides is 1. The summed E-state index contributed by atoms with van der Waals surface area (Å²) in [5.74, 6) is -0.199. The Bertz CT molecular complexity index is 1340. The standard InChI is InChI=1S/C28H26N2O3S/c1-18-15-19(2)26-24(16-18)29-28(34-26)30(17-23-9-6-14-33-23)27(32)22-12-10-21(11-13-22)25(31)20-7-4-3-5-8-20/h3-5,7-8,10-13,15-16,23H,6,9,14,17H2,1-2H3. The Kier molecular flexibility index (Phi) is 6.26. The molecule has 0 aliphatic carbocycles. The summed E-state index contributed by atoms with van der Waals surface area (Å²) < 4.78 is 6.94. The fourth-order valence-electron chi connectivity index (χ4n) is 4.40. The highest BCUT2D eigenvalue weighted by Crippen LogP contribution is 2.33. The Balaban J connectivity index is 1.46. The second kappa shape index (κ2) is 9.49. The maximum Gasteiger partial charge on any atom is 0.260 e. The summed E-state index contributed by atoms with van der Waals surface area (Å²) >= 11 is 1.54. The fourth-order valence-corrected chi connectivity index (χ4v) is 5.42. The molecule has 4 aromatic rings. The maximum atomic E-state index is 13.7. The summed E-state index contributed by atoms with van der Waals surface area (Å²) in [6.07, 6.45) is 1.93. The minimum Gasteiger partial charge on any atom is -0.376 e. The molecule has 0 spiro atoms. The van der Waals surface area contributed by atoms with Gasteiger partial charge in [-0.05, 0) is 56.0 Å². The largest absolute Gasteiger partial charge is 0.376 e. The predicted octanol–water partition coefficient (Wildman–Crippen LogP) is 5.97. The molecule has 1 aliphatic rings. The van der Waals surface area contributed by atoms with Crippen LogP contribution in [0.25, 0.3) is 10.2 Å². The van der Waals surface area contributed by atoms with Gasteiger partial charge in [-0.1, -0.05) is 59.9 Å². The van der Waals surface area contributed by atoms with Gasteiger partial charge in [-0.25, -0.2) is 4.98 Å². The molecule has 34 heavy (non-hydrogen) atoms. The molecule has 1 amide bonds. The van der Waals surface area contributed by atoms with E-state index in [4.69, 9.17) is 9.72 Å². The zero-order chi connectivity index (χ0) is 23.7. The summed E-state index contributed by atoms with van der Waals surface area (Å²) in [7, 11) is 0. The van der Waals surface area contributed by atoms with Gasteiger partial charge in [0, 0.05) is 23.3 Å². The molecule has 1 aliphatic heterocycles. The van der Waals surface area contributed by atoms with Crippen molar-refractivity contribution in [3.63, 3.8) is 0 Å². The number of hydrogen-bond donors (Lipinski definition) is 0. The van der Waals surface area contributed by atoms with Crippen molar-refractivity contribution in [1.29, 1.82) is 0 Å². The highest BCUT2D eigenvalue weighted by Gasteiger charge is 2.27. The van der Waals surface area contributed by atoms with E-state index < -0.39 is 0 Å². The van der Waals surface area contributed by atoms with Gasteiger partial charge >= 0.3 is 0 Å². The third kappa shape index (κ3) is 4.52. The van der Waals surface area contributed by atoms with Crippen LogP contribution in [0.4, 0.5) is 5.13 Å². The van der Waals surface area contributed by atoms with Gasteiger partial charge in [-0.15, -0.1) is 0 Å². The SMILES string of the molecule is Cc1cc(C)c2sc(N(CC3CCCO3)C(=O)c3ccc(C(=O)c4ccccc4)cc3)nc2c1. The van der Waals surface area contributed by atoms with E-state index in [1.165, 1.54) is 11.3 Å². The number of nitrogens with zero attached hydrogens (tertiary/aromatic N) is 2. The first-order valence-electron chi connectivity index (χ1n) is 11.5. The molecule has 0 saturated carbocycles. The van der Waals surface area contributed by atoms with E-state index in [-0.39, 0.29) is 17.8 Å². The van der Waals surface area contributed by atoms with Crippen molar-refractivity contribution >= 4 is 38.4 Å². The third-order valence-corrected chi connectivity index (χ3v) is 7.35. The van der Waals surface area contributed by atoms with E-state index in [0.29, 0.717) is 28.4 Å². The lowest BCUT2D eigenvalue weighted by molar-refractivity contribution is 0.0917. The molecular weight excluding hydrogens is 444 g/mol. The van der Waals surface area contributed by atoms with Crippen LogP contribution in [-0.4, -0.2) is 35.9 Å². The fraction of sp³-hybridized carbons (Fsp3) is 0.250. The topological polar surface area (TPSA) is 59.5 Å². The quantitative estimate of drug-likeness (QED) is 0.326. The zero-order valence-corrected chi connectivity index (χ0v) is 20.1. The van der Waals surface area contributed by atoms with Crippen molar-refractivity contribution in [2.24, 2.45) is 0 Å². The van der Waals surface area contributed by atoms with Crippen molar-refractivity contribution in [3.05, 3.63) is 94.5 Å². The van der Waals surface area contributed by atoms with Gasteiger partial charge < -0.3 is 4.74 Å². The number of rotatable bonds is 6. The van der Waals surface area contributed by atoms with Crippen molar-refractivity contribution < 1.29 is 14.3 Å². The number of aryl methyl sites for hydroxylation is 2. The first kappa shape index (κ1) is 22.4. The van der Waals surface area contributed by atoms with Crippen LogP contribution in [0.15, 0.2) is 66.7 Å². The van der Waals surface area contributed by atoms with Gasteiger partial charge in [0.15, 0.2) is 10.9 Å². The van der Waals surface area contributed by atoms with Crippen LogP contribution in [0.3, 0.4) is 0 Å². The van der Waals surface area contributed by atoms with Crippen LogP contribution < -0.4 is 4.90 Å². The number of ketones is 1. The van der Waals surface area contributed by atoms with Crippen LogP contribution in [-0.2, 0) is 4.74 Å². The minimum atomic E-state index is -0.136. The van der Waals surface area contributed by atoms with Crippen LogP contribution in [0.2, 0.25) is 0 Å². The van der Waals surface area contributed by atoms with Crippen LogP contribution >= 0.6 is 11.3 Å². The molecule has 5 rings (SSSR count). The number of carbonyl (C=O) groups is 2. The number of carbonyl (C=O) groups excluding carboxylic acids is 2. The summed E-state index contributed by atoms with van der Waals surface area (Å²) in [6.45, 7) is 5.31. The highest BCUT2D eigenvalue weighted by atomic mass is 32.1. The van der Waals surface area contributed by atoms with Crippen LogP contribution in [0.1, 0.15) is 50.2 Å². The number of benzene rings is 3. The molecule has 0 radical (unpaired) electrons. The highest BCUT2D eigenvalue weighted by molar-refractivity contribution is 7.22. The third-order valence-electron chi connectivity index (χ3n) is 6.13. The molecule has 1 unspecified atom stereocenters. The summed E-state index contributed by atoms with van der Waals surface area (Å²) in [5, 5.41) is 0.675. The molecule has 5 nitrogen and oxygen atoms in total. The molecule has 172 valence electrons. The van der Waals surface area contributed by atoms with Gasteiger partial charge in [0.05, 0.1) is 22.9 Å². The van der Waals surface area contributed by atoms with Crippen LogP contribution in [0, 0.1) is 13.8 Å². The maximum absolute atomic E-state index is 13.7. The van der Waals surface area contributed by atoms with Crippen LogP contribution in [0.5, 0.6) is 0 Å². The molecule has 2 heterocycles. The number of hydrogen-bond acceptors (Lipinski definition) is 5. The summed E-state index contributed by atoms with van der Waals surface area (Å²) in [4.78, 5) is 33.0. The first-order chi connectivity index (χ1) is 16.5. The Morgan fingerprint density at radius 3 is 2.41 bits per heavy atom. The second-order valence-corrected chi connectivity index (χ2v) is 9.73. The van der Waals surface area contributed by atoms with E-state index in [9.17, 15) is 9.59 Å². The van der Waals surface area contributed by atoms with E-state index in [2.05, 4.69) is 26.0 Å². The number of aromatic nitrogens is 1. The molecule has 6 heteroatoms. The van der Waals surface area contributed by atoms with Gasteiger partial charge in [-0.3, -0.25) is 14.5 Å². The van der Waals surface area contributed by atoms with E-state index >= 15 is 0 Å². The first-order valence-corrected chi connectivity index (χ1v) is 12.3.